The molecule has 3 N–H and O–H groups in total. The second-order valence-corrected chi connectivity index (χ2v) is 7.17. The van der Waals surface area contributed by atoms with Crippen molar-refractivity contribution in [1.29, 1.82) is 0 Å². The molecule has 0 aliphatic heterocycles. The molecule has 0 atom stereocenters. The van der Waals surface area contributed by atoms with Crippen molar-refractivity contribution < 1.29 is 5.11 Å². The van der Waals surface area contributed by atoms with Gasteiger partial charge in [-0.15, -0.1) is 0 Å². The average molecular weight is 394 g/mol. The lowest BCUT2D eigenvalue weighted by Crippen LogP contribution is -2.13. The van der Waals surface area contributed by atoms with Gasteiger partial charge in [0.1, 0.15) is 11.5 Å². The van der Waals surface area contributed by atoms with Gasteiger partial charge in [0.15, 0.2) is 5.82 Å². The van der Waals surface area contributed by atoms with Crippen molar-refractivity contribution in [3.63, 3.8) is 0 Å². The van der Waals surface area contributed by atoms with Crippen molar-refractivity contribution in [3.8, 4) is 28.3 Å². The third kappa shape index (κ3) is 3.91. The van der Waals surface area contributed by atoms with E-state index in [0.717, 1.165) is 33.6 Å². The highest BCUT2D eigenvalue weighted by Crippen LogP contribution is 2.26. The van der Waals surface area contributed by atoms with Crippen LogP contribution in [0.1, 0.15) is 22.5 Å². The van der Waals surface area contributed by atoms with Gasteiger partial charge in [0.2, 0.25) is 0 Å². The topological polar surface area (TPSA) is 84.4 Å². The van der Waals surface area contributed by atoms with E-state index in [9.17, 15) is 5.11 Å². The molecule has 30 heavy (non-hydrogen) atoms. The van der Waals surface area contributed by atoms with E-state index in [-0.39, 0.29) is 5.75 Å². The summed E-state index contributed by atoms with van der Waals surface area (Å²) >= 11 is 0. The zero-order valence-corrected chi connectivity index (χ0v) is 16.9. The Hall–Kier alpha value is -3.99. The van der Waals surface area contributed by atoms with Gasteiger partial charge in [0.25, 0.3) is 0 Å². The number of phenols is 1. The minimum absolute atomic E-state index is 0.187. The molecule has 0 saturated carbocycles. The summed E-state index contributed by atoms with van der Waals surface area (Å²) in [7, 11) is 0. The third-order valence-corrected chi connectivity index (χ3v) is 4.95. The summed E-state index contributed by atoms with van der Waals surface area (Å²) in [5, 5.41) is 13.8. The Balaban J connectivity index is 1.92. The molecule has 0 fully saturated rings. The first-order chi connectivity index (χ1) is 14.5. The fourth-order valence-corrected chi connectivity index (χ4v) is 3.34. The largest absolute Gasteiger partial charge is 0.508 e. The van der Waals surface area contributed by atoms with Crippen molar-refractivity contribution in [1.82, 2.24) is 9.97 Å². The Morgan fingerprint density at radius 3 is 2.03 bits per heavy atom. The number of phenolic OH excluding ortho intramolecular Hbond substituents is 1. The van der Waals surface area contributed by atoms with Crippen molar-refractivity contribution in [3.05, 3.63) is 101 Å². The van der Waals surface area contributed by atoms with Gasteiger partial charge in [0, 0.05) is 16.7 Å². The van der Waals surface area contributed by atoms with Crippen LogP contribution in [0.15, 0.2) is 84.0 Å². The quantitative estimate of drug-likeness (QED) is 0.295. The van der Waals surface area contributed by atoms with Gasteiger partial charge in [-0.1, -0.05) is 60.2 Å². The highest BCUT2D eigenvalue weighted by atomic mass is 16.3. The van der Waals surface area contributed by atoms with E-state index in [1.165, 1.54) is 5.56 Å². The van der Waals surface area contributed by atoms with Crippen LogP contribution < -0.4 is 5.84 Å². The molecule has 3 aromatic carbocycles. The van der Waals surface area contributed by atoms with E-state index in [2.05, 4.69) is 24.2 Å². The maximum Gasteiger partial charge on any atom is 0.181 e. The molecule has 0 aliphatic rings. The van der Waals surface area contributed by atoms with Crippen molar-refractivity contribution in [2.75, 3.05) is 0 Å². The number of hydrogen-bond acceptors (Lipinski definition) is 5. The number of nitrogens with two attached hydrogens (primary N) is 1. The number of hydrogen-bond donors (Lipinski definition) is 2. The Morgan fingerprint density at radius 2 is 1.43 bits per heavy atom. The molecule has 0 spiro atoms. The molecule has 0 aliphatic carbocycles. The van der Waals surface area contributed by atoms with E-state index in [0.29, 0.717) is 11.5 Å². The van der Waals surface area contributed by atoms with Gasteiger partial charge in [-0.25, -0.2) is 9.97 Å². The molecular weight excluding hydrogens is 372 g/mol. The second kappa shape index (κ2) is 8.17. The van der Waals surface area contributed by atoms with E-state index >= 15 is 0 Å². The molecule has 5 nitrogen and oxygen atoms in total. The summed E-state index contributed by atoms with van der Waals surface area (Å²) in [5.41, 5.74) is 6.80. The van der Waals surface area contributed by atoms with Crippen LogP contribution >= 0.6 is 0 Å². The van der Waals surface area contributed by atoms with E-state index in [4.69, 9.17) is 15.8 Å². The summed E-state index contributed by atoms with van der Waals surface area (Å²) < 4.78 is 0. The van der Waals surface area contributed by atoms with Crippen LogP contribution in [0.2, 0.25) is 0 Å². The maximum absolute atomic E-state index is 9.77. The van der Waals surface area contributed by atoms with E-state index < -0.39 is 0 Å². The number of aromatic nitrogens is 2. The first kappa shape index (κ1) is 19.3. The zero-order chi connectivity index (χ0) is 21.1. The number of aromatic hydroxyl groups is 1. The molecule has 0 radical (unpaired) electrons. The lowest BCUT2D eigenvalue weighted by Gasteiger charge is -2.12. The number of hydrazone groups is 1. The normalized spacial score (nSPS) is 11.5. The van der Waals surface area contributed by atoms with Gasteiger partial charge in [-0.05, 0) is 43.7 Å². The number of nitrogens with zero attached hydrogens (tertiary/aromatic N) is 3. The minimum Gasteiger partial charge on any atom is -0.508 e. The van der Waals surface area contributed by atoms with Crippen LogP contribution in [-0.2, 0) is 0 Å². The molecule has 0 saturated heterocycles. The van der Waals surface area contributed by atoms with Gasteiger partial charge in [-0.3, -0.25) is 0 Å². The highest BCUT2D eigenvalue weighted by molar-refractivity contribution is 6.11. The Kier molecular flexibility index (Phi) is 5.26. The van der Waals surface area contributed by atoms with Crippen molar-refractivity contribution in [2.24, 2.45) is 10.9 Å². The second-order valence-electron chi connectivity index (χ2n) is 7.17. The fraction of sp³-hybridized carbons (Fsp3) is 0.0800. The summed E-state index contributed by atoms with van der Waals surface area (Å²) in [6.07, 6.45) is 0. The van der Waals surface area contributed by atoms with Gasteiger partial charge in [0.05, 0.1) is 11.4 Å². The Labute approximate surface area is 175 Å². The molecule has 148 valence electrons. The molecule has 4 aromatic rings. The molecular formula is C25H22N4O. The van der Waals surface area contributed by atoms with Crippen LogP contribution in [0.3, 0.4) is 0 Å². The minimum atomic E-state index is 0.187. The number of benzene rings is 3. The maximum atomic E-state index is 9.77. The summed E-state index contributed by atoms with van der Waals surface area (Å²) in [5.74, 6) is 6.41. The predicted molar refractivity (Wildman–Crippen MR) is 120 cm³/mol. The Bertz CT molecular complexity index is 1220. The van der Waals surface area contributed by atoms with Gasteiger partial charge >= 0.3 is 0 Å². The lowest BCUT2D eigenvalue weighted by molar-refractivity contribution is 0.475. The van der Waals surface area contributed by atoms with Crippen LogP contribution in [0.5, 0.6) is 5.75 Å². The van der Waals surface area contributed by atoms with Crippen molar-refractivity contribution >= 4 is 5.71 Å². The highest BCUT2D eigenvalue weighted by Gasteiger charge is 2.17. The summed E-state index contributed by atoms with van der Waals surface area (Å²) in [6.45, 7) is 3.94. The van der Waals surface area contributed by atoms with Gasteiger partial charge in [-0.2, -0.15) is 5.10 Å². The average Bonchev–Trinajstić information content (AvgIpc) is 2.76. The molecule has 4 rings (SSSR count). The first-order valence-corrected chi connectivity index (χ1v) is 9.65. The van der Waals surface area contributed by atoms with E-state index in [1.54, 1.807) is 18.2 Å². The number of aryl methyl sites for hydroxylation is 2. The first-order valence-electron chi connectivity index (χ1n) is 9.65. The van der Waals surface area contributed by atoms with Crippen LogP contribution in [0.4, 0.5) is 0 Å². The molecule has 0 amide bonds. The summed E-state index contributed by atoms with van der Waals surface area (Å²) in [4.78, 5) is 9.56. The number of rotatable bonds is 4. The van der Waals surface area contributed by atoms with Crippen LogP contribution in [0.25, 0.3) is 22.5 Å². The molecule has 1 heterocycles. The molecule has 0 unspecified atom stereocenters. The summed E-state index contributed by atoms with van der Waals surface area (Å²) in [6, 6.07) is 25.2. The van der Waals surface area contributed by atoms with Crippen molar-refractivity contribution in [2.45, 2.75) is 13.8 Å². The smallest absolute Gasteiger partial charge is 0.181 e. The Morgan fingerprint density at radius 1 is 0.800 bits per heavy atom. The third-order valence-electron chi connectivity index (χ3n) is 4.95. The molecule has 1 aromatic heterocycles. The van der Waals surface area contributed by atoms with Crippen LogP contribution in [0, 0.1) is 13.8 Å². The SMILES string of the molecule is Cc1ccc(-c2cc(-c3ccccc3)nc(C(=NN)c3ccc(O)cc3C)n2)cc1. The molecule has 5 heteroatoms. The van der Waals surface area contributed by atoms with E-state index in [1.807, 2.05) is 55.5 Å². The molecule has 0 bridgehead atoms. The monoisotopic (exact) mass is 394 g/mol. The lowest BCUT2D eigenvalue weighted by atomic mass is 10.0. The predicted octanol–water partition coefficient (Wildman–Crippen LogP) is 4.84. The van der Waals surface area contributed by atoms with Crippen LogP contribution in [-0.4, -0.2) is 20.8 Å². The fourth-order valence-electron chi connectivity index (χ4n) is 3.34. The van der Waals surface area contributed by atoms with Gasteiger partial charge < -0.3 is 10.9 Å². The zero-order valence-electron chi connectivity index (χ0n) is 16.9. The standard InChI is InChI=1S/C25H22N4O/c1-16-8-10-19(11-9-16)23-15-22(18-6-4-3-5-7-18)27-25(28-23)24(29-26)21-13-12-20(30)14-17(21)2/h3-15,30H,26H2,1-2H3.